The number of Topliss-reactive ketones (excluding diaryl/α,β-unsaturated/α-hetero) is 1. The van der Waals surface area contributed by atoms with E-state index in [-0.39, 0.29) is 11.5 Å². The van der Waals surface area contributed by atoms with Gasteiger partial charge in [0.1, 0.15) is 6.04 Å². The Morgan fingerprint density at radius 1 is 1.09 bits per heavy atom. The smallest absolute Gasteiger partial charge is 0.269 e. The Labute approximate surface area is 184 Å². The number of anilines is 2. The van der Waals surface area contributed by atoms with Crippen molar-refractivity contribution in [3.8, 4) is 11.4 Å². The molecule has 3 aromatic rings. The number of allylic oxidation sites excluding steroid dienone is 2. The molecular formula is C23H22N6O3. The Morgan fingerprint density at radius 2 is 1.81 bits per heavy atom. The van der Waals surface area contributed by atoms with Crippen molar-refractivity contribution in [2.75, 3.05) is 24.3 Å². The number of hydrogen-bond donors (Lipinski definition) is 1. The number of nitrogens with zero attached hydrogens (tertiary/aromatic N) is 5. The number of carbonyl (C=O) groups is 1. The number of benzene rings is 2. The zero-order valence-electron chi connectivity index (χ0n) is 17.8. The summed E-state index contributed by atoms with van der Waals surface area (Å²) in [5.74, 6) is 1.19. The first-order valence-corrected chi connectivity index (χ1v) is 10.4. The average Bonchev–Trinajstić information content (AvgIpc) is 3.21. The minimum atomic E-state index is -0.475. The summed E-state index contributed by atoms with van der Waals surface area (Å²) in [6.45, 7) is 0. The number of nitro benzene ring substituents is 1. The highest BCUT2D eigenvalue weighted by Gasteiger charge is 2.37. The van der Waals surface area contributed by atoms with Gasteiger partial charge in [-0.3, -0.25) is 14.9 Å². The van der Waals surface area contributed by atoms with Gasteiger partial charge in [-0.15, -0.1) is 5.10 Å². The van der Waals surface area contributed by atoms with Gasteiger partial charge in [-0.05, 0) is 54.8 Å². The van der Waals surface area contributed by atoms with E-state index >= 15 is 0 Å². The molecule has 9 nitrogen and oxygen atoms in total. The van der Waals surface area contributed by atoms with Gasteiger partial charge in [0.25, 0.3) is 5.69 Å². The highest BCUT2D eigenvalue weighted by atomic mass is 16.6. The zero-order chi connectivity index (χ0) is 22.4. The van der Waals surface area contributed by atoms with Gasteiger partial charge in [-0.2, -0.15) is 4.98 Å². The summed E-state index contributed by atoms with van der Waals surface area (Å²) < 4.78 is 1.72. The molecule has 32 heavy (non-hydrogen) atoms. The van der Waals surface area contributed by atoms with Crippen molar-refractivity contribution in [2.24, 2.45) is 0 Å². The summed E-state index contributed by atoms with van der Waals surface area (Å²) in [6.07, 6.45) is 2.02. The van der Waals surface area contributed by atoms with Crippen LogP contribution < -0.4 is 10.2 Å². The van der Waals surface area contributed by atoms with Crippen molar-refractivity contribution in [2.45, 2.75) is 25.3 Å². The fourth-order valence-electron chi connectivity index (χ4n) is 4.27. The number of carbonyl (C=O) groups excluding carboxylic acids is 1. The maximum Gasteiger partial charge on any atom is 0.269 e. The van der Waals surface area contributed by atoms with Crippen LogP contribution in [-0.4, -0.2) is 39.6 Å². The van der Waals surface area contributed by atoms with Gasteiger partial charge in [-0.25, -0.2) is 4.68 Å². The lowest BCUT2D eigenvalue weighted by Crippen LogP contribution is -2.31. The van der Waals surface area contributed by atoms with Crippen LogP contribution in [0.5, 0.6) is 0 Å². The SMILES string of the molecule is CN(C)c1ccc(-c2nc3n(n2)C(c2ccc([N+](=O)[O-])cc2)C2=C(CCCC2=O)N3)cc1. The van der Waals surface area contributed by atoms with Gasteiger partial charge in [0.05, 0.1) is 4.92 Å². The number of non-ortho nitro benzene ring substituents is 1. The summed E-state index contributed by atoms with van der Waals surface area (Å²) in [4.78, 5) is 30.3. The number of nitro groups is 1. The Hall–Kier alpha value is -4.01. The number of nitrogens with one attached hydrogen (secondary N) is 1. The predicted octanol–water partition coefficient (Wildman–Crippen LogP) is 3.94. The number of aromatic nitrogens is 3. The maximum absolute atomic E-state index is 12.9. The molecule has 1 N–H and O–H groups in total. The second-order valence-corrected chi connectivity index (χ2v) is 8.19. The highest BCUT2D eigenvalue weighted by Crippen LogP contribution is 2.41. The van der Waals surface area contributed by atoms with Gasteiger partial charge in [-0.1, -0.05) is 0 Å². The summed E-state index contributed by atoms with van der Waals surface area (Å²) in [6, 6.07) is 13.8. The second kappa shape index (κ2) is 7.60. The quantitative estimate of drug-likeness (QED) is 0.493. The summed E-state index contributed by atoms with van der Waals surface area (Å²) in [5, 5.41) is 19.2. The van der Waals surface area contributed by atoms with E-state index in [2.05, 4.69) is 5.32 Å². The molecule has 1 aromatic heterocycles. The number of ketones is 1. The van der Waals surface area contributed by atoms with Gasteiger partial charge in [0, 0.05) is 55.2 Å². The van der Waals surface area contributed by atoms with Gasteiger partial charge >= 0.3 is 0 Å². The normalized spacial score (nSPS) is 17.4. The van der Waals surface area contributed by atoms with E-state index in [1.165, 1.54) is 12.1 Å². The largest absolute Gasteiger partial charge is 0.378 e. The van der Waals surface area contributed by atoms with Crippen molar-refractivity contribution in [1.82, 2.24) is 14.8 Å². The van der Waals surface area contributed by atoms with Crippen LogP contribution in [0.15, 0.2) is 59.8 Å². The number of hydrogen-bond acceptors (Lipinski definition) is 7. The molecule has 0 saturated carbocycles. The molecule has 1 atom stereocenters. The first-order valence-electron chi connectivity index (χ1n) is 10.4. The van der Waals surface area contributed by atoms with Crippen LogP contribution in [0, 0.1) is 10.1 Å². The molecule has 5 rings (SSSR count). The molecule has 2 aliphatic rings. The van der Waals surface area contributed by atoms with Crippen molar-refractivity contribution in [3.63, 3.8) is 0 Å². The topological polar surface area (TPSA) is 106 Å². The summed E-state index contributed by atoms with van der Waals surface area (Å²) in [5.41, 5.74) is 4.23. The Balaban J connectivity index is 1.60. The molecule has 1 aliphatic heterocycles. The molecule has 0 radical (unpaired) electrons. The van der Waals surface area contributed by atoms with E-state index in [4.69, 9.17) is 10.1 Å². The lowest BCUT2D eigenvalue weighted by molar-refractivity contribution is -0.384. The van der Waals surface area contributed by atoms with Crippen LogP contribution in [0.1, 0.15) is 30.9 Å². The van der Waals surface area contributed by atoms with Crippen LogP contribution >= 0.6 is 0 Å². The molecule has 1 aliphatic carbocycles. The Morgan fingerprint density at radius 3 is 2.47 bits per heavy atom. The molecular weight excluding hydrogens is 408 g/mol. The zero-order valence-corrected chi connectivity index (χ0v) is 17.8. The molecule has 2 heterocycles. The van der Waals surface area contributed by atoms with Crippen LogP contribution in [-0.2, 0) is 4.79 Å². The van der Waals surface area contributed by atoms with E-state index in [9.17, 15) is 14.9 Å². The molecule has 0 bridgehead atoms. The third kappa shape index (κ3) is 3.31. The third-order valence-corrected chi connectivity index (χ3v) is 5.93. The van der Waals surface area contributed by atoms with Crippen LogP contribution in [0.2, 0.25) is 0 Å². The van der Waals surface area contributed by atoms with Crippen LogP contribution in [0.4, 0.5) is 17.3 Å². The van der Waals surface area contributed by atoms with E-state index in [1.54, 1.807) is 16.8 Å². The van der Waals surface area contributed by atoms with Crippen molar-refractivity contribution >= 4 is 23.1 Å². The van der Waals surface area contributed by atoms with Gasteiger partial charge in [0.2, 0.25) is 5.95 Å². The van der Waals surface area contributed by atoms with Crippen molar-refractivity contribution in [1.29, 1.82) is 0 Å². The standard InChI is InChI=1S/C23H22N6O3/c1-27(2)16-10-8-15(9-11-16)22-25-23-24-18-4-3-5-19(30)20(18)21(28(23)26-22)14-6-12-17(13-7-14)29(31)32/h6-13,21H,3-5H2,1-2H3,(H,24,25,26). The molecule has 0 amide bonds. The second-order valence-electron chi connectivity index (χ2n) is 8.19. The van der Waals surface area contributed by atoms with Crippen molar-refractivity contribution in [3.05, 3.63) is 75.5 Å². The monoisotopic (exact) mass is 430 g/mol. The van der Waals surface area contributed by atoms with Gasteiger partial charge in [0.15, 0.2) is 11.6 Å². The van der Waals surface area contributed by atoms with Crippen molar-refractivity contribution < 1.29 is 9.72 Å². The first kappa shape index (κ1) is 19.9. The molecule has 0 saturated heterocycles. The Kier molecular flexibility index (Phi) is 4.73. The molecule has 2 aromatic carbocycles. The molecule has 9 heteroatoms. The molecule has 162 valence electrons. The average molecular weight is 430 g/mol. The number of rotatable bonds is 4. The van der Waals surface area contributed by atoms with E-state index < -0.39 is 11.0 Å². The summed E-state index contributed by atoms with van der Waals surface area (Å²) in [7, 11) is 3.96. The first-order chi connectivity index (χ1) is 15.4. The van der Waals surface area contributed by atoms with Crippen LogP contribution in [0.3, 0.4) is 0 Å². The molecule has 0 spiro atoms. The van der Waals surface area contributed by atoms with Gasteiger partial charge < -0.3 is 10.2 Å². The fraction of sp³-hybridized carbons (Fsp3) is 0.261. The summed E-state index contributed by atoms with van der Waals surface area (Å²) >= 11 is 0. The fourth-order valence-corrected chi connectivity index (χ4v) is 4.27. The van der Waals surface area contributed by atoms with E-state index in [0.717, 1.165) is 35.4 Å². The highest BCUT2D eigenvalue weighted by molar-refractivity contribution is 5.99. The maximum atomic E-state index is 12.9. The lowest BCUT2D eigenvalue weighted by atomic mass is 9.85. The number of fused-ring (bicyclic) bond motifs is 1. The molecule has 0 fully saturated rings. The predicted molar refractivity (Wildman–Crippen MR) is 121 cm³/mol. The lowest BCUT2D eigenvalue weighted by Gasteiger charge is -2.32. The minimum absolute atomic E-state index is 0.00680. The Bertz CT molecular complexity index is 1240. The minimum Gasteiger partial charge on any atom is -0.378 e. The van der Waals surface area contributed by atoms with E-state index in [0.29, 0.717) is 23.8 Å². The third-order valence-electron chi connectivity index (χ3n) is 5.93. The van der Waals surface area contributed by atoms with E-state index in [1.807, 2.05) is 43.3 Å². The molecule has 1 unspecified atom stereocenters. The van der Waals surface area contributed by atoms with Crippen LogP contribution in [0.25, 0.3) is 11.4 Å².